The van der Waals surface area contributed by atoms with Crippen LogP contribution in [0.5, 0.6) is 0 Å². The zero-order valence-corrected chi connectivity index (χ0v) is 11.8. The molecule has 19 heavy (non-hydrogen) atoms. The lowest BCUT2D eigenvalue weighted by molar-refractivity contribution is 0.263. The summed E-state index contributed by atoms with van der Waals surface area (Å²) in [5, 5.41) is 3.31. The maximum absolute atomic E-state index is 4.68. The Hall–Kier alpha value is -1.39. The Bertz CT molecular complexity index is 529. The third-order valence-electron chi connectivity index (χ3n) is 4.04. The normalized spacial score (nSPS) is 24.3. The molecule has 2 aromatic heterocycles. The number of aromatic nitrogens is 2. The van der Waals surface area contributed by atoms with Crippen molar-refractivity contribution in [2.45, 2.75) is 19.9 Å². The highest BCUT2D eigenvalue weighted by molar-refractivity contribution is 5.39. The van der Waals surface area contributed by atoms with Crippen molar-refractivity contribution in [1.82, 2.24) is 19.6 Å². The first-order chi connectivity index (χ1) is 9.18. The summed E-state index contributed by atoms with van der Waals surface area (Å²) < 4.78 is 2.10. The smallest absolute Gasteiger partial charge is 0.137 e. The summed E-state index contributed by atoms with van der Waals surface area (Å²) in [6.45, 7) is 6.75. The number of rotatable bonds is 4. The summed E-state index contributed by atoms with van der Waals surface area (Å²) in [6, 6.07) is 6.13. The molecule has 1 aliphatic rings. The van der Waals surface area contributed by atoms with E-state index < -0.39 is 0 Å². The largest absolute Gasteiger partial charge is 0.319 e. The molecule has 0 radical (unpaired) electrons. The van der Waals surface area contributed by atoms with Gasteiger partial charge in [-0.05, 0) is 37.6 Å². The van der Waals surface area contributed by atoms with Gasteiger partial charge in [0.25, 0.3) is 0 Å². The van der Waals surface area contributed by atoms with Gasteiger partial charge in [-0.3, -0.25) is 4.90 Å². The number of fused-ring (bicyclic) bond motifs is 1. The van der Waals surface area contributed by atoms with E-state index >= 15 is 0 Å². The Morgan fingerprint density at radius 1 is 1.42 bits per heavy atom. The van der Waals surface area contributed by atoms with Crippen molar-refractivity contribution in [3.05, 3.63) is 36.3 Å². The van der Waals surface area contributed by atoms with Gasteiger partial charge < -0.3 is 9.72 Å². The second-order valence-electron chi connectivity index (χ2n) is 6.00. The van der Waals surface area contributed by atoms with E-state index in [-0.39, 0.29) is 0 Å². The molecule has 0 saturated carbocycles. The van der Waals surface area contributed by atoms with Gasteiger partial charge in [0.15, 0.2) is 0 Å². The van der Waals surface area contributed by atoms with Crippen LogP contribution < -0.4 is 5.32 Å². The van der Waals surface area contributed by atoms with Gasteiger partial charge in [-0.25, -0.2) is 4.98 Å². The van der Waals surface area contributed by atoms with Crippen LogP contribution in [0, 0.1) is 5.41 Å². The average molecular weight is 258 g/mol. The number of imidazole rings is 1. The fourth-order valence-corrected chi connectivity index (χ4v) is 3.12. The highest BCUT2D eigenvalue weighted by Gasteiger charge is 2.33. The fourth-order valence-electron chi connectivity index (χ4n) is 3.12. The van der Waals surface area contributed by atoms with Crippen molar-refractivity contribution in [1.29, 1.82) is 0 Å². The van der Waals surface area contributed by atoms with Gasteiger partial charge in [0.05, 0.1) is 5.69 Å². The topological polar surface area (TPSA) is 32.6 Å². The van der Waals surface area contributed by atoms with Crippen LogP contribution in [-0.4, -0.2) is 41.0 Å². The standard InChI is InChI=1S/C15H22N4/c1-15(11-16-2)6-8-18(12-15)9-13-10-19-7-4-3-5-14(19)17-13/h3-5,7,10,16H,6,8-9,11-12H2,1-2H3. The molecule has 1 atom stereocenters. The molecule has 3 rings (SSSR count). The molecule has 2 aromatic rings. The van der Waals surface area contributed by atoms with E-state index in [0.717, 1.165) is 25.3 Å². The van der Waals surface area contributed by atoms with Crippen LogP contribution in [0.4, 0.5) is 0 Å². The van der Waals surface area contributed by atoms with Gasteiger partial charge in [0.1, 0.15) is 5.65 Å². The highest BCUT2D eigenvalue weighted by Crippen LogP contribution is 2.29. The average Bonchev–Trinajstić information content (AvgIpc) is 2.93. The van der Waals surface area contributed by atoms with E-state index in [0.29, 0.717) is 5.41 Å². The predicted molar refractivity (Wildman–Crippen MR) is 77.1 cm³/mol. The van der Waals surface area contributed by atoms with Crippen molar-refractivity contribution >= 4 is 5.65 Å². The van der Waals surface area contributed by atoms with E-state index in [2.05, 4.69) is 45.0 Å². The van der Waals surface area contributed by atoms with Crippen LogP contribution >= 0.6 is 0 Å². The SMILES string of the molecule is CNCC1(C)CCN(Cc2cn3ccccc3n2)C1. The summed E-state index contributed by atoms with van der Waals surface area (Å²) in [4.78, 5) is 7.19. The molecule has 4 heteroatoms. The summed E-state index contributed by atoms with van der Waals surface area (Å²) in [5.74, 6) is 0. The van der Waals surface area contributed by atoms with Crippen molar-refractivity contribution in [2.75, 3.05) is 26.7 Å². The summed E-state index contributed by atoms with van der Waals surface area (Å²) in [6.07, 6.45) is 5.46. The van der Waals surface area contributed by atoms with Crippen LogP contribution in [0.25, 0.3) is 5.65 Å². The third kappa shape index (κ3) is 2.65. The van der Waals surface area contributed by atoms with Crippen LogP contribution in [-0.2, 0) is 6.54 Å². The molecule has 4 nitrogen and oxygen atoms in total. The molecular weight excluding hydrogens is 236 g/mol. The monoisotopic (exact) mass is 258 g/mol. The van der Waals surface area contributed by atoms with E-state index in [1.165, 1.54) is 18.7 Å². The lowest BCUT2D eigenvalue weighted by Gasteiger charge is -2.23. The lowest BCUT2D eigenvalue weighted by Crippen LogP contribution is -2.32. The van der Waals surface area contributed by atoms with E-state index in [4.69, 9.17) is 0 Å². The van der Waals surface area contributed by atoms with Crippen LogP contribution in [0.1, 0.15) is 19.0 Å². The van der Waals surface area contributed by atoms with E-state index in [1.807, 2.05) is 19.2 Å². The molecule has 1 N–H and O–H groups in total. The van der Waals surface area contributed by atoms with Gasteiger partial charge in [-0.1, -0.05) is 13.0 Å². The summed E-state index contributed by atoms with van der Waals surface area (Å²) >= 11 is 0. The molecule has 0 bridgehead atoms. The molecule has 102 valence electrons. The Kier molecular flexibility index (Phi) is 3.29. The Balaban J connectivity index is 1.69. The second kappa shape index (κ2) is 4.94. The summed E-state index contributed by atoms with van der Waals surface area (Å²) in [7, 11) is 2.04. The van der Waals surface area contributed by atoms with Gasteiger partial charge in [0.2, 0.25) is 0 Å². The molecule has 1 unspecified atom stereocenters. The molecule has 0 spiro atoms. The van der Waals surface area contributed by atoms with E-state index in [9.17, 15) is 0 Å². The molecule has 0 aliphatic carbocycles. The number of hydrogen-bond donors (Lipinski definition) is 1. The maximum atomic E-state index is 4.68. The quantitative estimate of drug-likeness (QED) is 0.907. The minimum absolute atomic E-state index is 0.411. The van der Waals surface area contributed by atoms with Gasteiger partial charge in [0, 0.05) is 32.0 Å². The summed E-state index contributed by atoms with van der Waals surface area (Å²) in [5.41, 5.74) is 2.61. The van der Waals surface area contributed by atoms with Crippen LogP contribution in [0.2, 0.25) is 0 Å². The Morgan fingerprint density at radius 3 is 3.11 bits per heavy atom. The highest BCUT2D eigenvalue weighted by atomic mass is 15.2. The van der Waals surface area contributed by atoms with Crippen molar-refractivity contribution in [3.8, 4) is 0 Å². The molecule has 1 saturated heterocycles. The van der Waals surface area contributed by atoms with Gasteiger partial charge in [-0.15, -0.1) is 0 Å². The molecule has 3 heterocycles. The number of nitrogens with one attached hydrogen (secondary N) is 1. The maximum Gasteiger partial charge on any atom is 0.137 e. The second-order valence-corrected chi connectivity index (χ2v) is 6.00. The van der Waals surface area contributed by atoms with Crippen LogP contribution in [0.15, 0.2) is 30.6 Å². The molecule has 1 aliphatic heterocycles. The van der Waals surface area contributed by atoms with Crippen molar-refractivity contribution < 1.29 is 0 Å². The van der Waals surface area contributed by atoms with Crippen LogP contribution in [0.3, 0.4) is 0 Å². The Morgan fingerprint density at radius 2 is 2.32 bits per heavy atom. The van der Waals surface area contributed by atoms with Crippen molar-refractivity contribution in [2.24, 2.45) is 5.41 Å². The lowest BCUT2D eigenvalue weighted by atomic mass is 9.90. The number of hydrogen-bond acceptors (Lipinski definition) is 3. The first-order valence-corrected chi connectivity index (χ1v) is 6.98. The van der Waals surface area contributed by atoms with Gasteiger partial charge >= 0.3 is 0 Å². The minimum atomic E-state index is 0.411. The number of pyridine rings is 1. The minimum Gasteiger partial charge on any atom is -0.319 e. The molecular formula is C15H22N4. The van der Waals surface area contributed by atoms with E-state index in [1.54, 1.807) is 0 Å². The van der Waals surface area contributed by atoms with Gasteiger partial charge in [-0.2, -0.15) is 0 Å². The molecule has 0 amide bonds. The first-order valence-electron chi connectivity index (χ1n) is 6.98. The fraction of sp³-hybridized carbons (Fsp3) is 0.533. The Labute approximate surface area is 114 Å². The van der Waals surface area contributed by atoms with Crippen molar-refractivity contribution in [3.63, 3.8) is 0 Å². The predicted octanol–water partition coefficient (Wildman–Crippen LogP) is 1.77. The third-order valence-corrected chi connectivity index (χ3v) is 4.04. The molecule has 1 fully saturated rings. The zero-order chi connectivity index (χ0) is 13.3. The number of nitrogens with zero attached hydrogens (tertiary/aromatic N) is 3. The number of likely N-dealkylation sites (tertiary alicyclic amines) is 1. The zero-order valence-electron chi connectivity index (χ0n) is 11.8. The molecule has 0 aromatic carbocycles. The first kappa shape index (κ1) is 12.6.